The van der Waals surface area contributed by atoms with Crippen molar-refractivity contribution in [3.8, 4) is 0 Å². The van der Waals surface area contributed by atoms with E-state index in [1.54, 1.807) is 0 Å². The van der Waals surface area contributed by atoms with Crippen LogP contribution in [0.1, 0.15) is 50.7 Å². The molecule has 0 saturated heterocycles. The first kappa shape index (κ1) is 20.8. The number of hydrogen-bond acceptors (Lipinski definition) is 0. The van der Waals surface area contributed by atoms with Gasteiger partial charge in [-0.25, -0.2) is 0 Å². The third kappa shape index (κ3) is 2.26. The lowest BCUT2D eigenvalue weighted by atomic mass is 9.85. The van der Waals surface area contributed by atoms with Gasteiger partial charge in [0, 0.05) is 0 Å². The summed E-state index contributed by atoms with van der Waals surface area (Å²) < 4.78 is 0. The fraction of sp³-hybridized carbons (Fsp3) is 0.158. The van der Waals surface area contributed by atoms with E-state index in [2.05, 4.69) is 113 Å². The van der Waals surface area contributed by atoms with Crippen LogP contribution in [0.25, 0.3) is 86.2 Å². The molecule has 0 radical (unpaired) electrons. The lowest BCUT2D eigenvalue weighted by molar-refractivity contribution is 0.876. The van der Waals surface area contributed by atoms with E-state index in [1.807, 2.05) is 0 Å². The maximum absolute atomic E-state index is 2.41. The zero-order valence-corrected chi connectivity index (χ0v) is 22.2. The van der Waals surface area contributed by atoms with Gasteiger partial charge in [-0.05, 0) is 109 Å². The van der Waals surface area contributed by atoms with Gasteiger partial charge in [0.2, 0.25) is 0 Å². The van der Waals surface area contributed by atoms with Gasteiger partial charge in [-0.2, -0.15) is 0 Å². The van der Waals surface area contributed by atoms with Crippen LogP contribution in [0.2, 0.25) is 0 Å². The van der Waals surface area contributed by atoms with E-state index in [9.17, 15) is 0 Å². The molecule has 0 aliphatic rings. The van der Waals surface area contributed by atoms with Gasteiger partial charge in [0.1, 0.15) is 0 Å². The zero-order valence-electron chi connectivity index (χ0n) is 22.2. The van der Waals surface area contributed by atoms with Crippen LogP contribution in [0, 0.1) is 0 Å². The van der Waals surface area contributed by atoms with Gasteiger partial charge in [-0.1, -0.05) is 113 Å². The predicted molar refractivity (Wildman–Crippen MR) is 168 cm³/mol. The van der Waals surface area contributed by atoms with E-state index >= 15 is 0 Å². The first-order valence-electron chi connectivity index (χ1n) is 14.0. The lowest BCUT2D eigenvalue weighted by Gasteiger charge is -2.18. The van der Waals surface area contributed by atoms with Crippen molar-refractivity contribution >= 4 is 86.2 Å². The topological polar surface area (TPSA) is 0 Å². The smallest absolute Gasteiger partial charge is 0.00141 e. The maximum atomic E-state index is 2.41. The standard InChI is InChI=1S/C38H28/c1-19(2)29-35-25-15-11-21-7-5-9-23-13-17-27(33(25)31(21)23)37(35)30(20(3)4)38-28-18-14-24-10-6-8-22-12-16-26(36(29)38)34(28)32(22)24/h5-20H,1-4H3. The molecule has 0 spiro atoms. The summed E-state index contributed by atoms with van der Waals surface area (Å²) >= 11 is 0. The molecule has 0 amide bonds. The van der Waals surface area contributed by atoms with Crippen LogP contribution in [0.4, 0.5) is 0 Å². The summed E-state index contributed by atoms with van der Waals surface area (Å²) in [5.41, 5.74) is 3.04. The minimum Gasteiger partial charge on any atom is -0.0610 e. The second kappa shape index (κ2) is 6.83. The zero-order chi connectivity index (χ0) is 25.4. The summed E-state index contributed by atoms with van der Waals surface area (Å²) in [6.45, 7) is 9.57. The molecule has 38 heavy (non-hydrogen) atoms. The largest absolute Gasteiger partial charge is 0.0610 e. The van der Waals surface area contributed by atoms with Gasteiger partial charge in [0.25, 0.3) is 0 Å². The Hall–Kier alpha value is -4.16. The molecule has 0 N–H and O–H groups in total. The molecule has 0 aromatic heterocycles. The van der Waals surface area contributed by atoms with Gasteiger partial charge in [0.15, 0.2) is 0 Å². The third-order valence-electron chi connectivity index (χ3n) is 9.36. The summed E-state index contributed by atoms with van der Waals surface area (Å²) in [6.07, 6.45) is 0. The highest BCUT2D eigenvalue weighted by Gasteiger charge is 2.28. The molecule has 0 aliphatic heterocycles. The maximum Gasteiger partial charge on any atom is -0.00141 e. The van der Waals surface area contributed by atoms with Crippen molar-refractivity contribution in [3.05, 3.63) is 96.1 Å². The Morgan fingerprint density at radius 1 is 0.316 bits per heavy atom. The summed E-state index contributed by atoms with van der Waals surface area (Å²) in [5.74, 6) is 0.814. The minimum absolute atomic E-state index is 0.407. The van der Waals surface area contributed by atoms with Crippen LogP contribution >= 0.6 is 0 Å². The van der Waals surface area contributed by atoms with Crippen LogP contribution in [-0.4, -0.2) is 0 Å². The molecule has 0 unspecified atom stereocenters. The van der Waals surface area contributed by atoms with E-state index in [-0.39, 0.29) is 0 Å². The Kier molecular flexibility index (Phi) is 3.74. The monoisotopic (exact) mass is 484 g/mol. The van der Waals surface area contributed by atoms with Crippen LogP contribution in [0.5, 0.6) is 0 Å². The van der Waals surface area contributed by atoms with Gasteiger partial charge < -0.3 is 0 Å². The predicted octanol–water partition coefficient (Wildman–Crippen LogP) is 11.5. The number of rotatable bonds is 2. The van der Waals surface area contributed by atoms with Crippen molar-refractivity contribution < 1.29 is 0 Å². The quantitative estimate of drug-likeness (QED) is 0.229. The van der Waals surface area contributed by atoms with Crippen molar-refractivity contribution in [3.63, 3.8) is 0 Å². The molecule has 0 fully saturated rings. The Bertz CT molecular complexity index is 2070. The minimum atomic E-state index is 0.407. The Balaban J connectivity index is 1.69. The average Bonchev–Trinajstić information content (AvgIpc) is 3.44. The van der Waals surface area contributed by atoms with Crippen LogP contribution in [0.15, 0.2) is 84.9 Å². The van der Waals surface area contributed by atoms with E-state index in [4.69, 9.17) is 0 Å². The molecule has 0 saturated carbocycles. The lowest BCUT2D eigenvalue weighted by Crippen LogP contribution is -1.96. The molecule has 9 aromatic rings. The molecule has 180 valence electrons. The van der Waals surface area contributed by atoms with Crippen molar-refractivity contribution in [2.45, 2.75) is 39.5 Å². The summed E-state index contributed by atoms with van der Waals surface area (Å²) in [6, 6.07) is 32.5. The molecule has 9 aromatic carbocycles. The van der Waals surface area contributed by atoms with Gasteiger partial charge in [-0.15, -0.1) is 0 Å². The summed E-state index contributed by atoms with van der Waals surface area (Å²) in [7, 11) is 0. The first-order chi connectivity index (χ1) is 18.5. The second-order valence-corrected chi connectivity index (χ2v) is 12.0. The molecule has 0 heteroatoms. The summed E-state index contributed by atoms with van der Waals surface area (Å²) in [4.78, 5) is 0. The van der Waals surface area contributed by atoms with E-state index in [0.717, 1.165) is 0 Å². The summed E-state index contributed by atoms with van der Waals surface area (Å²) in [5, 5.41) is 22.8. The van der Waals surface area contributed by atoms with Gasteiger partial charge >= 0.3 is 0 Å². The average molecular weight is 485 g/mol. The highest BCUT2D eigenvalue weighted by molar-refractivity contribution is 6.43. The molecular formula is C38H28. The SMILES string of the molecule is CC(C)c1c2c3ccc4cccc5ccc(c2c(C(C)C)c2c6ccc7cccc8ccc(c12)c6c87)c3c45. The highest BCUT2D eigenvalue weighted by Crippen LogP contribution is 2.54. The van der Waals surface area contributed by atoms with Crippen molar-refractivity contribution in [1.82, 2.24) is 0 Å². The van der Waals surface area contributed by atoms with Gasteiger partial charge in [0.05, 0.1) is 0 Å². The van der Waals surface area contributed by atoms with Gasteiger partial charge in [-0.3, -0.25) is 0 Å². The van der Waals surface area contributed by atoms with E-state index in [0.29, 0.717) is 11.8 Å². The van der Waals surface area contributed by atoms with Crippen LogP contribution < -0.4 is 0 Å². The van der Waals surface area contributed by atoms with Crippen LogP contribution in [-0.2, 0) is 0 Å². The number of hydrogen-bond donors (Lipinski definition) is 0. The first-order valence-corrected chi connectivity index (χ1v) is 14.0. The Morgan fingerprint density at radius 2 is 0.605 bits per heavy atom. The molecule has 0 heterocycles. The molecule has 9 rings (SSSR count). The molecular weight excluding hydrogens is 456 g/mol. The molecule has 0 atom stereocenters. The second-order valence-electron chi connectivity index (χ2n) is 12.0. The van der Waals surface area contributed by atoms with Crippen LogP contribution in [0.3, 0.4) is 0 Å². The van der Waals surface area contributed by atoms with E-state index < -0.39 is 0 Å². The van der Waals surface area contributed by atoms with Crippen molar-refractivity contribution in [1.29, 1.82) is 0 Å². The normalized spacial score (nSPS) is 13.2. The van der Waals surface area contributed by atoms with Crippen molar-refractivity contribution in [2.24, 2.45) is 0 Å². The molecule has 0 aliphatic carbocycles. The third-order valence-corrected chi connectivity index (χ3v) is 9.36. The fourth-order valence-corrected chi connectivity index (χ4v) is 8.06. The number of fused-ring (bicyclic) bond motifs is 6. The molecule has 0 nitrogen and oxygen atoms in total. The number of benzene rings is 7. The fourth-order valence-electron chi connectivity index (χ4n) is 8.06. The van der Waals surface area contributed by atoms with Crippen molar-refractivity contribution in [2.75, 3.05) is 0 Å². The van der Waals surface area contributed by atoms with E-state index in [1.165, 1.54) is 97.3 Å². The Labute approximate surface area is 221 Å². The molecule has 0 bridgehead atoms. The highest BCUT2D eigenvalue weighted by atomic mass is 14.3. The Morgan fingerprint density at radius 3 is 0.868 bits per heavy atom.